The summed E-state index contributed by atoms with van der Waals surface area (Å²) < 4.78 is 0. The molecule has 0 bridgehead atoms. The van der Waals surface area contributed by atoms with E-state index in [-0.39, 0.29) is 11.9 Å². The smallest absolute Gasteiger partial charge is 0.272 e. The van der Waals surface area contributed by atoms with E-state index in [9.17, 15) is 4.79 Å². The van der Waals surface area contributed by atoms with E-state index in [1.165, 1.54) is 11.1 Å². The lowest BCUT2D eigenvalue weighted by Gasteiger charge is -2.22. The zero-order valence-corrected chi connectivity index (χ0v) is 9.90. The van der Waals surface area contributed by atoms with Crippen molar-refractivity contribution in [1.82, 2.24) is 9.88 Å². The number of carbonyl (C=O) groups is 1. The summed E-state index contributed by atoms with van der Waals surface area (Å²) in [5, 5.41) is 8.60. The third kappa shape index (κ3) is 2.71. The fourth-order valence-electron chi connectivity index (χ4n) is 1.07. The highest BCUT2D eigenvalue weighted by Crippen LogP contribution is 2.06. The molecule has 1 rings (SSSR count). The molecular weight excluding hydrogens is 226 g/mol. The highest BCUT2D eigenvalue weighted by molar-refractivity contribution is 6.18. The number of aromatic nitrogens is 1. The number of hydrogen-bond donors (Lipinski definition) is 0. The van der Waals surface area contributed by atoms with Crippen molar-refractivity contribution < 1.29 is 4.79 Å². The molecule has 0 saturated heterocycles. The fraction of sp³-hybridized carbons (Fsp3) is 0.364. The van der Waals surface area contributed by atoms with Gasteiger partial charge in [-0.2, -0.15) is 5.26 Å². The van der Waals surface area contributed by atoms with Gasteiger partial charge in [0.25, 0.3) is 5.91 Å². The molecule has 0 spiro atoms. The van der Waals surface area contributed by atoms with Gasteiger partial charge in [0.2, 0.25) is 0 Å². The number of nitriles is 1. The number of carbonyl (C=O) groups excluding carboxylic acids is 1. The molecule has 0 aliphatic heterocycles. The maximum absolute atomic E-state index is 11.9. The minimum Gasteiger partial charge on any atom is -0.336 e. The normalized spacial score (nSPS) is 11.6. The van der Waals surface area contributed by atoms with Crippen molar-refractivity contribution >= 4 is 17.5 Å². The van der Waals surface area contributed by atoms with Crippen LogP contribution in [0.1, 0.15) is 23.0 Å². The van der Waals surface area contributed by atoms with Crippen molar-refractivity contribution in [3.05, 3.63) is 29.6 Å². The maximum atomic E-state index is 11.9. The van der Waals surface area contributed by atoms with Crippen LogP contribution < -0.4 is 0 Å². The molecule has 1 atom stereocenters. The molecule has 0 aliphatic carbocycles. The SMILES string of the molecule is CC(CCl)N(C)C(=O)c1ccc(C#N)cn1. The zero-order valence-electron chi connectivity index (χ0n) is 9.14. The third-order valence-corrected chi connectivity index (χ3v) is 2.76. The van der Waals surface area contributed by atoms with Gasteiger partial charge in [-0.15, -0.1) is 11.6 Å². The second-order valence-corrected chi connectivity index (χ2v) is 3.77. The van der Waals surface area contributed by atoms with Crippen LogP contribution in [-0.2, 0) is 0 Å². The van der Waals surface area contributed by atoms with Crippen molar-refractivity contribution in [3.8, 4) is 6.07 Å². The first-order valence-corrected chi connectivity index (χ1v) is 5.33. The lowest BCUT2D eigenvalue weighted by Crippen LogP contribution is -2.36. The quantitative estimate of drug-likeness (QED) is 0.752. The Morgan fingerprint density at radius 1 is 1.69 bits per heavy atom. The highest BCUT2D eigenvalue weighted by atomic mass is 35.5. The van der Waals surface area contributed by atoms with Gasteiger partial charge in [0.05, 0.1) is 5.56 Å². The van der Waals surface area contributed by atoms with E-state index in [2.05, 4.69) is 4.98 Å². The van der Waals surface area contributed by atoms with Crippen molar-refractivity contribution in [2.75, 3.05) is 12.9 Å². The Morgan fingerprint density at radius 3 is 2.81 bits per heavy atom. The molecular formula is C11H12ClN3O. The average molecular weight is 238 g/mol. The highest BCUT2D eigenvalue weighted by Gasteiger charge is 2.17. The molecule has 0 N–H and O–H groups in total. The Hall–Kier alpha value is -1.60. The molecule has 0 aliphatic rings. The lowest BCUT2D eigenvalue weighted by atomic mass is 10.2. The van der Waals surface area contributed by atoms with Gasteiger partial charge in [0.15, 0.2) is 0 Å². The number of halogens is 1. The Bertz CT molecular complexity index is 410. The van der Waals surface area contributed by atoms with Gasteiger partial charge in [0, 0.05) is 25.2 Å². The largest absolute Gasteiger partial charge is 0.336 e. The number of rotatable bonds is 3. The number of alkyl halides is 1. The van der Waals surface area contributed by atoms with Gasteiger partial charge in [-0.3, -0.25) is 4.79 Å². The number of pyridine rings is 1. The van der Waals surface area contributed by atoms with Crippen LogP contribution in [0.5, 0.6) is 0 Å². The molecule has 1 aromatic rings. The van der Waals surface area contributed by atoms with E-state index in [0.29, 0.717) is 17.1 Å². The van der Waals surface area contributed by atoms with E-state index >= 15 is 0 Å². The summed E-state index contributed by atoms with van der Waals surface area (Å²) >= 11 is 5.67. The summed E-state index contributed by atoms with van der Waals surface area (Å²) in [5.41, 5.74) is 0.753. The standard InChI is InChI=1S/C11H12ClN3O/c1-8(5-12)15(2)11(16)10-4-3-9(6-13)7-14-10/h3-4,7-8H,5H2,1-2H3. The van der Waals surface area contributed by atoms with Crippen molar-refractivity contribution in [3.63, 3.8) is 0 Å². The van der Waals surface area contributed by atoms with Crippen molar-refractivity contribution in [1.29, 1.82) is 5.26 Å². The summed E-state index contributed by atoms with van der Waals surface area (Å²) in [6.45, 7) is 1.86. The lowest BCUT2D eigenvalue weighted by molar-refractivity contribution is 0.0751. The summed E-state index contributed by atoms with van der Waals surface area (Å²) in [5.74, 6) is 0.177. The van der Waals surface area contributed by atoms with E-state index < -0.39 is 0 Å². The molecule has 0 aromatic carbocycles. The van der Waals surface area contributed by atoms with Crippen LogP contribution in [0.3, 0.4) is 0 Å². The molecule has 0 radical (unpaired) electrons. The molecule has 0 fully saturated rings. The predicted molar refractivity (Wildman–Crippen MR) is 61.2 cm³/mol. The Kier molecular flexibility index (Phi) is 4.27. The number of amides is 1. The summed E-state index contributed by atoms with van der Waals surface area (Å²) in [4.78, 5) is 17.3. The van der Waals surface area contributed by atoms with Crippen LogP contribution in [0, 0.1) is 11.3 Å². The molecule has 84 valence electrons. The fourth-order valence-corrected chi connectivity index (χ4v) is 1.28. The van der Waals surface area contributed by atoms with Crippen LogP contribution in [-0.4, -0.2) is 34.8 Å². The van der Waals surface area contributed by atoms with Crippen LogP contribution in [0.15, 0.2) is 18.3 Å². The molecule has 1 unspecified atom stereocenters. The van der Waals surface area contributed by atoms with E-state index in [1.807, 2.05) is 13.0 Å². The summed E-state index contributed by atoms with van der Waals surface area (Å²) in [6.07, 6.45) is 1.38. The minimum atomic E-state index is -0.197. The van der Waals surface area contributed by atoms with E-state index in [1.54, 1.807) is 19.2 Å². The zero-order chi connectivity index (χ0) is 12.1. The number of hydrogen-bond acceptors (Lipinski definition) is 3. The molecule has 1 amide bonds. The summed E-state index contributed by atoms with van der Waals surface area (Å²) in [6, 6.07) is 5.01. The molecule has 0 saturated carbocycles. The Balaban J connectivity index is 2.85. The monoisotopic (exact) mass is 237 g/mol. The second-order valence-electron chi connectivity index (χ2n) is 3.46. The number of nitrogens with zero attached hydrogens (tertiary/aromatic N) is 3. The van der Waals surface area contributed by atoms with Gasteiger partial charge in [-0.05, 0) is 19.1 Å². The topological polar surface area (TPSA) is 57.0 Å². The van der Waals surface area contributed by atoms with E-state index in [4.69, 9.17) is 16.9 Å². The van der Waals surface area contributed by atoms with Crippen molar-refractivity contribution in [2.45, 2.75) is 13.0 Å². The molecule has 1 heterocycles. The van der Waals surface area contributed by atoms with Crippen LogP contribution >= 0.6 is 11.6 Å². The van der Waals surface area contributed by atoms with E-state index in [0.717, 1.165) is 0 Å². The average Bonchev–Trinajstić information content (AvgIpc) is 2.36. The van der Waals surface area contributed by atoms with Gasteiger partial charge in [0.1, 0.15) is 11.8 Å². The van der Waals surface area contributed by atoms with Crippen molar-refractivity contribution in [2.24, 2.45) is 0 Å². The molecule has 1 aromatic heterocycles. The molecule has 5 heteroatoms. The minimum absolute atomic E-state index is 0.0494. The molecule has 4 nitrogen and oxygen atoms in total. The van der Waals surface area contributed by atoms with Crippen LogP contribution in [0.2, 0.25) is 0 Å². The predicted octanol–water partition coefficient (Wildman–Crippen LogP) is 1.65. The van der Waals surface area contributed by atoms with Gasteiger partial charge < -0.3 is 4.90 Å². The Labute approximate surface area is 99.5 Å². The summed E-state index contributed by atoms with van der Waals surface area (Å²) in [7, 11) is 1.68. The maximum Gasteiger partial charge on any atom is 0.272 e. The van der Waals surface area contributed by atoms with Gasteiger partial charge >= 0.3 is 0 Å². The first-order valence-electron chi connectivity index (χ1n) is 4.79. The van der Waals surface area contributed by atoms with Gasteiger partial charge in [-0.1, -0.05) is 0 Å². The second kappa shape index (κ2) is 5.47. The first kappa shape index (κ1) is 12.5. The third-order valence-electron chi connectivity index (χ3n) is 2.32. The Morgan fingerprint density at radius 2 is 2.38 bits per heavy atom. The van der Waals surface area contributed by atoms with Gasteiger partial charge in [-0.25, -0.2) is 4.98 Å². The molecule has 16 heavy (non-hydrogen) atoms. The first-order chi connectivity index (χ1) is 7.60. The van der Waals surface area contributed by atoms with Crippen LogP contribution in [0.25, 0.3) is 0 Å². The van der Waals surface area contributed by atoms with Crippen LogP contribution in [0.4, 0.5) is 0 Å².